The smallest absolute Gasteiger partial charge is 0.246 e. The van der Waals surface area contributed by atoms with Gasteiger partial charge in [0, 0.05) is 63.2 Å². The second kappa shape index (κ2) is 38.4. The Bertz CT molecular complexity index is 3650. The first-order valence-corrected chi connectivity index (χ1v) is 38.9. The van der Waals surface area contributed by atoms with Crippen molar-refractivity contribution >= 4 is 41.4 Å². The molecule has 4 aromatic carbocycles. The topological polar surface area (TPSA) is 284 Å². The predicted octanol–water partition coefficient (Wildman–Crippen LogP) is 8.56. The molecule has 0 radical (unpaired) electrons. The van der Waals surface area contributed by atoms with E-state index in [9.17, 15) is 33.6 Å². The predicted molar refractivity (Wildman–Crippen MR) is 399 cm³/mol. The first kappa shape index (κ1) is 76.5. The molecule has 11 rings (SSSR count). The molecule has 5 aliphatic rings. The molecule has 0 bridgehead atoms. The molecule has 23 nitrogen and oxygen atoms in total. The number of amides is 7. The molecule has 6 aromatic rings. The number of carbonyl (C=O) groups excluding carboxylic acids is 7. The molecule has 5 fully saturated rings. The van der Waals surface area contributed by atoms with Crippen LogP contribution in [0.1, 0.15) is 201 Å². The number of nitrogens with one attached hydrogen (secondary N) is 8. The number of aromatic nitrogens is 6. The monoisotopic (exact) mass is 1420 g/mol. The van der Waals surface area contributed by atoms with Crippen LogP contribution in [0.4, 0.5) is 0 Å². The first-order chi connectivity index (χ1) is 50.8. The van der Waals surface area contributed by atoms with Gasteiger partial charge in [-0.15, -0.1) is 10.2 Å². The molecule has 4 saturated heterocycles. The highest BCUT2D eigenvalue weighted by Crippen LogP contribution is 2.39. The van der Waals surface area contributed by atoms with Crippen molar-refractivity contribution in [3.63, 3.8) is 0 Å². The van der Waals surface area contributed by atoms with Gasteiger partial charge in [-0.05, 0) is 144 Å². The van der Waals surface area contributed by atoms with E-state index in [2.05, 4.69) is 75.3 Å². The highest BCUT2D eigenvalue weighted by molar-refractivity contribution is 5.96. The van der Waals surface area contributed by atoms with E-state index in [0.717, 1.165) is 86.3 Å². The fraction of sp³-hybridized carbons (Fsp3) is 0.568. The van der Waals surface area contributed by atoms with Crippen molar-refractivity contribution in [2.75, 3.05) is 27.2 Å². The molecule has 4 aliphatic heterocycles. The first-order valence-electron chi connectivity index (χ1n) is 38.9. The summed E-state index contributed by atoms with van der Waals surface area (Å²) in [5, 5.41) is 43.7. The lowest BCUT2D eigenvalue weighted by molar-refractivity contribution is -0.143. The number of likely N-dealkylation sites (N-methyl/N-ethyl adjacent to an activating group) is 2. The summed E-state index contributed by atoms with van der Waals surface area (Å²) in [6, 6.07) is 34.4. The second-order valence-electron chi connectivity index (χ2n) is 29.8. The van der Waals surface area contributed by atoms with Crippen molar-refractivity contribution < 1.29 is 33.6 Å². The largest absolute Gasteiger partial charge is 0.356 e. The van der Waals surface area contributed by atoms with Crippen LogP contribution in [0, 0.1) is 23.7 Å². The van der Waals surface area contributed by atoms with Crippen LogP contribution in [-0.4, -0.2) is 157 Å². The molecule has 1 saturated carbocycles. The van der Waals surface area contributed by atoms with Gasteiger partial charge in [0.1, 0.15) is 29.9 Å². The fourth-order valence-corrected chi connectivity index (χ4v) is 17.0. The summed E-state index contributed by atoms with van der Waals surface area (Å²) in [4.78, 5) is 103. The fourth-order valence-electron chi connectivity index (χ4n) is 17.0. The molecule has 6 heterocycles. The maximum Gasteiger partial charge on any atom is 0.246 e. The molecular weight excluding hydrogens is 1310 g/mol. The Morgan fingerprint density at radius 2 is 0.971 bits per heavy atom. The minimum atomic E-state index is -0.930. The van der Waals surface area contributed by atoms with Gasteiger partial charge in [0.05, 0.1) is 36.1 Å². The molecule has 7 amide bonds. The van der Waals surface area contributed by atoms with Gasteiger partial charge in [0.25, 0.3) is 0 Å². The third-order valence-electron chi connectivity index (χ3n) is 23.0. The van der Waals surface area contributed by atoms with Crippen LogP contribution in [0.2, 0.25) is 0 Å². The normalized spacial score (nSPS) is 23.4. The summed E-state index contributed by atoms with van der Waals surface area (Å²) in [7, 11) is 3.48. The number of nitrogens with zero attached hydrogens (tertiary/aromatic N) is 8. The van der Waals surface area contributed by atoms with Gasteiger partial charge in [-0.2, -0.15) is 0 Å². The van der Waals surface area contributed by atoms with Crippen molar-refractivity contribution in [1.29, 1.82) is 0 Å². The lowest BCUT2D eigenvalue weighted by Gasteiger charge is -2.33. The van der Waals surface area contributed by atoms with Crippen LogP contribution in [0.25, 0.3) is 0 Å². The SMILES string of the molecule is CC[C@H](NC)C(=O)N[C@@H]1C(=O)N2[C@@H](CC[C@@H]1CNC(=O)CCc1cn(CCCCC3CCC(CCCCn4cc([C@@H](NC(=O)[C@@H]5CC[C@@H]6CC[C@H](CCNCc7ccccc7)[C@H](NC(=O)[C@H](CC)NC)C(=O)N65)c5ccccc5)nn4)CC3)nn1)CC[C@H]2C(=O)NC(c1ccccc1)c1ccccc1. The second-order valence-corrected chi connectivity index (χ2v) is 29.8. The summed E-state index contributed by atoms with van der Waals surface area (Å²) >= 11 is 0. The standard InChI is InChI=1S/C81H112N16O7/c1-5-66(82-3)76(99)88-74-61(47-48-84-51-57-25-11-7-12-26-57)37-40-64-42-45-70(96(64)80(74)103)79(102)87-73(60-31-17-10-18-32-60)68-54-95(93-91-68)50-22-20-24-56-35-33-55(34-36-56)23-19-21-49-94-53-63(90-92-94)39-46-71(98)85-52-62-38-41-65-43-44-69(97(65)81(104)75(62)89-77(100)67(6-2)83-4)78(101)86-72(58-27-13-8-14-28-58)59-29-15-9-16-30-59/h7-18,25-32,53-56,61-62,64-67,69-70,72-75,82-84H,5-6,19-24,33-52H2,1-4H3,(H,85,98)(H,86,101)(H,87,102)(H,88,99)(H,89,100)/t55?,56?,61-,62-,64+,65+,66+,67+,69+,70+,73+,74+,75+/m1/s1. The number of aryl methyl sites for hydroxylation is 3. The molecule has 104 heavy (non-hydrogen) atoms. The Balaban J connectivity index is 0.591. The Kier molecular flexibility index (Phi) is 28.2. The molecule has 1 aliphatic carbocycles. The molecule has 8 N–H and O–H groups in total. The zero-order chi connectivity index (χ0) is 72.7. The molecule has 11 atom stereocenters. The van der Waals surface area contributed by atoms with Crippen LogP contribution >= 0.6 is 0 Å². The molecule has 0 spiro atoms. The van der Waals surface area contributed by atoms with Crippen molar-refractivity contribution in [3.05, 3.63) is 167 Å². The van der Waals surface area contributed by atoms with Gasteiger partial charge in [0.15, 0.2) is 0 Å². The zero-order valence-electron chi connectivity index (χ0n) is 61.5. The molecule has 23 heteroatoms. The lowest BCUT2D eigenvalue weighted by Crippen LogP contribution is -2.59. The van der Waals surface area contributed by atoms with Gasteiger partial charge in [-0.3, -0.25) is 42.9 Å². The highest BCUT2D eigenvalue weighted by atomic mass is 16.2. The Hall–Kier alpha value is -8.67. The maximum atomic E-state index is 14.9. The highest BCUT2D eigenvalue weighted by Gasteiger charge is 2.50. The summed E-state index contributed by atoms with van der Waals surface area (Å²) < 4.78 is 3.77. The van der Waals surface area contributed by atoms with E-state index in [1.54, 1.807) is 23.9 Å². The van der Waals surface area contributed by atoms with Crippen LogP contribution in [-0.2, 0) is 59.6 Å². The molecule has 0 unspecified atom stereocenters. The quantitative estimate of drug-likeness (QED) is 0.0171. The van der Waals surface area contributed by atoms with Crippen molar-refractivity contribution in [3.8, 4) is 0 Å². The Morgan fingerprint density at radius 3 is 1.49 bits per heavy atom. The van der Waals surface area contributed by atoms with E-state index in [-0.39, 0.29) is 78.2 Å². The van der Waals surface area contributed by atoms with E-state index in [4.69, 9.17) is 0 Å². The molecule has 2 aromatic heterocycles. The van der Waals surface area contributed by atoms with Gasteiger partial charge in [-0.1, -0.05) is 197 Å². The van der Waals surface area contributed by atoms with Gasteiger partial charge in [0.2, 0.25) is 41.4 Å². The van der Waals surface area contributed by atoms with Crippen LogP contribution in [0.3, 0.4) is 0 Å². The molecule has 558 valence electrons. The number of benzene rings is 4. The number of carbonyl (C=O) groups is 7. The van der Waals surface area contributed by atoms with Crippen molar-refractivity contribution in [2.45, 2.75) is 242 Å². The number of rotatable bonds is 36. The average Bonchev–Trinajstić information content (AvgIpc) is 1.64. The van der Waals surface area contributed by atoms with E-state index >= 15 is 0 Å². The number of hydrogen-bond acceptors (Lipinski definition) is 14. The molecular formula is C81H112N16O7. The summed E-state index contributed by atoms with van der Waals surface area (Å²) in [6.07, 6.45) is 23.1. The van der Waals surface area contributed by atoms with Gasteiger partial charge in [-0.25, -0.2) is 0 Å². The van der Waals surface area contributed by atoms with E-state index in [1.165, 1.54) is 44.1 Å². The third kappa shape index (κ3) is 20.2. The number of fused-ring (bicyclic) bond motifs is 2. The lowest BCUT2D eigenvalue weighted by atomic mass is 9.78. The summed E-state index contributed by atoms with van der Waals surface area (Å²) in [5.41, 5.74) is 5.32. The van der Waals surface area contributed by atoms with E-state index < -0.39 is 48.3 Å². The van der Waals surface area contributed by atoms with Crippen molar-refractivity contribution in [2.24, 2.45) is 23.7 Å². The summed E-state index contributed by atoms with van der Waals surface area (Å²) in [6.45, 7) is 6.95. The van der Waals surface area contributed by atoms with Crippen molar-refractivity contribution in [1.82, 2.24) is 82.3 Å². The van der Waals surface area contributed by atoms with Crippen LogP contribution in [0.5, 0.6) is 0 Å². The zero-order valence-corrected chi connectivity index (χ0v) is 61.5. The van der Waals surface area contributed by atoms with Crippen LogP contribution < -0.4 is 42.5 Å². The Morgan fingerprint density at radius 1 is 0.510 bits per heavy atom. The average molecular weight is 1420 g/mol. The number of hydrogen-bond donors (Lipinski definition) is 8. The maximum absolute atomic E-state index is 14.9. The third-order valence-corrected chi connectivity index (χ3v) is 23.0. The number of unbranched alkanes of at least 4 members (excludes halogenated alkanes) is 2. The van der Waals surface area contributed by atoms with Gasteiger partial charge < -0.3 is 52.3 Å². The minimum absolute atomic E-state index is 0.0928. The van der Waals surface area contributed by atoms with E-state index in [0.29, 0.717) is 82.5 Å². The van der Waals surface area contributed by atoms with Crippen LogP contribution in [0.15, 0.2) is 134 Å². The minimum Gasteiger partial charge on any atom is -0.356 e. The Labute approximate surface area is 614 Å². The summed E-state index contributed by atoms with van der Waals surface area (Å²) in [5.74, 6) is -0.631. The van der Waals surface area contributed by atoms with E-state index in [1.807, 2.05) is 145 Å². The van der Waals surface area contributed by atoms with Gasteiger partial charge >= 0.3 is 0 Å².